The topological polar surface area (TPSA) is 77.2 Å². The normalized spacial score (nSPS) is 16.8. The molecule has 1 saturated heterocycles. The Morgan fingerprint density at radius 2 is 2.00 bits per heavy atom. The minimum absolute atomic E-state index is 0.0687. The average Bonchev–Trinajstić information content (AvgIpc) is 3.05. The molecular formula is C17H20ClN3O3. The average molecular weight is 350 g/mol. The van der Waals surface area contributed by atoms with E-state index in [1.54, 1.807) is 0 Å². The third-order valence-corrected chi connectivity index (χ3v) is 4.60. The fourth-order valence-corrected chi connectivity index (χ4v) is 3.14. The van der Waals surface area contributed by atoms with Crippen LogP contribution in [0.15, 0.2) is 28.8 Å². The van der Waals surface area contributed by atoms with Crippen LogP contribution in [-0.2, 0) is 21.4 Å². The number of aromatic nitrogens is 2. The molecule has 1 aliphatic heterocycles. The predicted octanol–water partition coefficient (Wildman–Crippen LogP) is 2.50. The maximum Gasteiger partial charge on any atom is 0.237 e. The minimum Gasteiger partial charge on any atom is -0.381 e. The highest BCUT2D eigenvalue weighted by molar-refractivity contribution is 6.30. The molecule has 0 atom stereocenters. The third-order valence-electron chi connectivity index (χ3n) is 4.34. The van der Waals surface area contributed by atoms with Gasteiger partial charge in [-0.2, -0.15) is 4.98 Å². The first-order valence-electron chi connectivity index (χ1n) is 8.01. The summed E-state index contributed by atoms with van der Waals surface area (Å²) in [5.41, 5.74) is 0.759. The van der Waals surface area contributed by atoms with E-state index >= 15 is 0 Å². The largest absolute Gasteiger partial charge is 0.381 e. The lowest BCUT2D eigenvalue weighted by atomic mass is 9.74. The maximum absolute atomic E-state index is 10.9. The highest BCUT2D eigenvalue weighted by Crippen LogP contribution is 2.40. The molecule has 0 saturated carbocycles. The number of ether oxygens (including phenoxy) is 1. The van der Waals surface area contributed by atoms with E-state index in [0.717, 1.165) is 18.4 Å². The van der Waals surface area contributed by atoms with Crippen LogP contribution >= 0.6 is 11.6 Å². The van der Waals surface area contributed by atoms with Crippen molar-refractivity contribution in [2.24, 2.45) is 0 Å². The molecule has 0 unspecified atom stereocenters. The van der Waals surface area contributed by atoms with Gasteiger partial charge in [-0.25, -0.2) is 0 Å². The number of carbonyl (C=O) groups is 1. The van der Waals surface area contributed by atoms with E-state index in [9.17, 15) is 4.79 Å². The van der Waals surface area contributed by atoms with E-state index in [-0.39, 0.29) is 11.3 Å². The molecule has 1 fully saturated rings. The molecule has 1 amide bonds. The van der Waals surface area contributed by atoms with Crippen molar-refractivity contribution in [3.63, 3.8) is 0 Å². The molecule has 1 aromatic heterocycles. The van der Waals surface area contributed by atoms with Gasteiger partial charge in [0, 0.05) is 38.1 Å². The second kappa shape index (κ2) is 7.32. The van der Waals surface area contributed by atoms with Crippen molar-refractivity contribution in [2.75, 3.05) is 19.8 Å². The first-order chi connectivity index (χ1) is 11.6. The molecule has 1 aromatic carbocycles. The van der Waals surface area contributed by atoms with Crippen LogP contribution in [-0.4, -0.2) is 35.8 Å². The zero-order chi connectivity index (χ0) is 17.0. The van der Waals surface area contributed by atoms with Crippen molar-refractivity contribution in [3.8, 4) is 0 Å². The van der Waals surface area contributed by atoms with Gasteiger partial charge in [-0.15, -0.1) is 0 Å². The van der Waals surface area contributed by atoms with Gasteiger partial charge in [-0.1, -0.05) is 28.9 Å². The molecule has 0 bridgehead atoms. The first kappa shape index (κ1) is 16.9. The van der Waals surface area contributed by atoms with Crippen LogP contribution in [0.4, 0.5) is 0 Å². The Hall–Kier alpha value is -1.92. The summed E-state index contributed by atoms with van der Waals surface area (Å²) in [6.45, 7) is 3.27. The Morgan fingerprint density at radius 1 is 1.29 bits per heavy atom. The number of rotatable bonds is 5. The number of carbonyl (C=O) groups excluding carboxylic acids is 1. The molecule has 6 nitrogen and oxygen atoms in total. The predicted molar refractivity (Wildman–Crippen MR) is 89.0 cm³/mol. The van der Waals surface area contributed by atoms with E-state index in [4.69, 9.17) is 20.9 Å². The fourth-order valence-electron chi connectivity index (χ4n) is 3.02. The SMILES string of the molecule is CC(=O)NCCc1noc(C2(c3ccc(Cl)cc3)CCOCC2)n1. The van der Waals surface area contributed by atoms with Crippen molar-refractivity contribution in [1.82, 2.24) is 15.5 Å². The lowest BCUT2D eigenvalue weighted by Gasteiger charge is -2.34. The van der Waals surface area contributed by atoms with Crippen molar-refractivity contribution in [2.45, 2.75) is 31.6 Å². The zero-order valence-corrected chi connectivity index (χ0v) is 14.3. The summed E-state index contributed by atoms with van der Waals surface area (Å²) in [6.07, 6.45) is 2.10. The summed E-state index contributed by atoms with van der Waals surface area (Å²) < 4.78 is 11.1. The number of halogens is 1. The molecule has 1 aliphatic rings. The quantitative estimate of drug-likeness (QED) is 0.897. The van der Waals surface area contributed by atoms with Gasteiger partial charge in [0.15, 0.2) is 5.82 Å². The van der Waals surface area contributed by atoms with Gasteiger partial charge in [0.2, 0.25) is 11.8 Å². The Balaban J connectivity index is 1.85. The Bertz CT molecular complexity index is 693. The first-order valence-corrected chi connectivity index (χ1v) is 8.39. The van der Waals surface area contributed by atoms with Gasteiger partial charge < -0.3 is 14.6 Å². The summed E-state index contributed by atoms with van der Waals surface area (Å²) in [4.78, 5) is 15.5. The molecule has 128 valence electrons. The summed E-state index contributed by atoms with van der Waals surface area (Å²) in [5.74, 6) is 1.13. The molecule has 3 rings (SSSR count). The number of nitrogens with zero attached hydrogens (tertiary/aromatic N) is 2. The number of hydrogen-bond acceptors (Lipinski definition) is 5. The van der Waals surface area contributed by atoms with Gasteiger partial charge in [0.25, 0.3) is 0 Å². The molecule has 7 heteroatoms. The van der Waals surface area contributed by atoms with Crippen LogP contribution < -0.4 is 5.32 Å². The van der Waals surface area contributed by atoms with E-state index < -0.39 is 0 Å². The van der Waals surface area contributed by atoms with Gasteiger partial charge in [0.05, 0.1) is 5.41 Å². The summed E-state index contributed by atoms with van der Waals surface area (Å²) >= 11 is 6.02. The van der Waals surface area contributed by atoms with E-state index in [1.165, 1.54) is 6.92 Å². The van der Waals surface area contributed by atoms with Crippen LogP contribution in [0, 0.1) is 0 Å². The highest BCUT2D eigenvalue weighted by Gasteiger charge is 2.41. The molecule has 2 heterocycles. The molecular weight excluding hydrogens is 330 g/mol. The lowest BCUT2D eigenvalue weighted by Crippen LogP contribution is -2.35. The number of nitrogens with one attached hydrogen (secondary N) is 1. The summed E-state index contributed by atoms with van der Waals surface area (Å²) in [5, 5.41) is 7.50. The monoisotopic (exact) mass is 349 g/mol. The van der Waals surface area contributed by atoms with Crippen molar-refractivity contribution in [3.05, 3.63) is 46.6 Å². The van der Waals surface area contributed by atoms with Gasteiger partial charge >= 0.3 is 0 Å². The molecule has 0 spiro atoms. The van der Waals surface area contributed by atoms with Gasteiger partial charge in [0.1, 0.15) is 0 Å². The smallest absolute Gasteiger partial charge is 0.237 e. The van der Waals surface area contributed by atoms with E-state index in [0.29, 0.717) is 42.9 Å². The lowest BCUT2D eigenvalue weighted by molar-refractivity contribution is -0.118. The highest BCUT2D eigenvalue weighted by atomic mass is 35.5. The zero-order valence-electron chi connectivity index (χ0n) is 13.5. The van der Waals surface area contributed by atoms with Crippen molar-refractivity contribution < 1.29 is 14.1 Å². The Kier molecular flexibility index (Phi) is 5.16. The van der Waals surface area contributed by atoms with E-state index in [2.05, 4.69) is 15.5 Å². The fraction of sp³-hybridized carbons (Fsp3) is 0.471. The van der Waals surface area contributed by atoms with Gasteiger partial charge in [-0.3, -0.25) is 4.79 Å². The number of hydrogen-bond donors (Lipinski definition) is 1. The maximum atomic E-state index is 10.9. The van der Waals surface area contributed by atoms with Crippen molar-refractivity contribution in [1.29, 1.82) is 0 Å². The van der Waals surface area contributed by atoms with Crippen LogP contribution in [0.1, 0.15) is 37.0 Å². The standard InChI is InChI=1S/C17H20ClN3O3/c1-12(22)19-9-6-15-20-16(24-21-15)17(7-10-23-11-8-17)13-2-4-14(18)5-3-13/h2-5H,6-11H2,1H3,(H,19,22). The van der Waals surface area contributed by atoms with Crippen molar-refractivity contribution >= 4 is 17.5 Å². The Morgan fingerprint density at radius 3 is 2.67 bits per heavy atom. The molecule has 2 aromatic rings. The third kappa shape index (κ3) is 3.60. The number of benzene rings is 1. The molecule has 0 aliphatic carbocycles. The minimum atomic E-state index is -0.345. The second-order valence-electron chi connectivity index (χ2n) is 5.95. The second-order valence-corrected chi connectivity index (χ2v) is 6.39. The van der Waals surface area contributed by atoms with E-state index in [1.807, 2.05) is 24.3 Å². The van der Waals surface area contributed by atoms with Crippen LogP contribution in [0.5, 0.6) is 0 Å². The molecule has 24 heavy (non-hydrogen) atoms. The van der Waals surface area contributed by atoms with Crippen LogP contribution in [0.25, 0.3) is 0 Å². The number of amides is 1. The summed E-state index contributed by atoms with van der Waals surface area (Å²) in [7, 11) is 0. The molecule has 0 radical (unpaired) electrons. The Labute approximate surface area is 145 Å². The van der Waals surface area contributed by atoms with Gasteiger partial charge in [-0.05, 0) is 30.5 Å². The van der Waals surface area contributed by atoms with Crippen LogP contribution in [0.3, 0.4) is 0 Å². The van der Waals surface area contributed by atoms with Crippen LogP contribution in [0.2, 0.25) is 5.02 Å². The summed E-state index contributed by atoms with van der Waals surface area (Å²) in [6, 6.07) is 7.77. The molecule has 1 N–H and O–H groups in total.